The van der Waals surface area contributed by atoms with Crippen molar-refractivity contribution in [3.63, 3.8) is 0 Å². The van der Waals surface area contributed by atoms with Gasteiger partial charge < -0.3 is 5.32 Å². The molecule has 1 aliphatic rings. The molecular formula is C10H15N3. The largest absolute Gasteiger partial charge is 0.309 e. The fraction of sp³-hybridized carbons (Fsp3) is 0.600. The molecule has 0 amide bonds. The summed E-state index contributed by atoms with van der Waals surface area (Å²) in [6, 6.07) is 0.433. The molecule has 1 N–H and O–H groups in total. The van der Waals surface area contributed by atoms with Gasteiger partial charge in [0.25, 0.3) is 0 Å². The average molecular weight is 177 g/mol. The van der Waals surface area contributed by atoms with Gasteiger partial charge in [-0.15, -0.1) is 0 Å². The fourth-order valence-electron chi connectivity index (χ4n) is 1.85. The van der Waals surface area contributed by atoms with Crippen LogP contribution in [0.15, 0.2) is 12.4 Å². The summed E-state index contributed by atoms with van der Waals surface area (Å²) in [7, 11) is 0. The maximum Gasteiger partial charge on any atom is 0.0785 e. The summed E-state index contributed by atoms with van der Waals surface area (Å²) in [5.41, 5.74) is 2.18. The lowest BCUT2D eigenvalue weighted by Gasteiger charge is -2.23. The number of hydrogen-bond acceptors (Lipinski definition) is 3. The van der Waals surface area contributed by atoms with Gasteiger partial charge in [0.1, 0.15) is 0 Å². The summed E-state index contributed by atoms with van der Waals surface area (Å²) >= 11 is 0. The van der Waals surface area contributed by atoms with Crippen molar-refractivity contribution in [3.8, 4) is 0 Å². The molecular weight excluding hydrogens is 162 g/mol. The van der Waals surface area contributed by atoms with Crippen LogP contribution in [0, 0.1) is 6.92 Å². The number of nitrogens with zero attached hydrogens (tertiary/aromatic N) is 2. The SMILES string of the molecule is Cc1nccnc1C1CCCCN1. The minimum absolute atomic E-state index is 0.433. The molecule has 0 radical (unpaired) electrons. The van der Waals surface area contributed by atoms with Gasteiger partial charge in [0, 0.05) is 12.4 Å². The van der Waals surface area contributed by atoms with E-state index in [1.165, 1.54) is 19.3 Å². The van der Waals surface area contributed by atoms with Gasteiger partial charge in [0.15, 0.2) is 0 Å². The quantitative estimate of drug-likeness (QED) is 0.708. The highest BCUT2D eigenvalue weighted by molar-refractivity contribution is 5.13. The Morgan fingerprint density at radius 1 is 1.31 bits per heavy atom. The van der Waals surface area contributed by atoms with E-state index < -0.39 is 0 Å². The highest BCUT2D eigenvalue weighted by Gasteiger charge is 2.17. The van der Waals surface area contributed by atoms with Gasteiger partial charge >= 0.3 is 0 Å². The first-order valence-corrected chi connectivity index (χ1v) is 4.89. The van der Waals surface area contributed by atoms with E-state index in [1.54, 1.807) is 12.4 Å². The second-order valence-electron chi connectivity index (χ2n) is 3.53. The first-order valence-electron chi connectivity index (χ1n) is 4.89. The average Bonchev–Trinajstić information content (AvgIpc) is 2.20. The molecule has 2 rings (SSSR count). The predicted octanol–water partition coefficient (Wildman–Crippen LogP) is 1.60. The van der Waals surface area contributed by atoms with Crippen LogP contribution in [-0.2, 0) is 0 Å². The van der Waals surface area contributed by atoms with Crippen molar-refractivity contribution in [2.75, 3.05) is 6.54 Å². The molecule has 1 saturated heterocycles. The van der Waals surface area contributed by atoms with Crippen LogP contribution in [0.4, 0.5) is 0 Å². The van der Waals surface area contributed by atoms with E-state index in [2.05, 4.69) is 15.3 Å². The lowest BCUT2D eigenvalue weighted by atomic mass is 10.0. The third-order valence-electron chi connectivity index (χ3n) is 2.56. The fourth-order valence-corrected chi connectivity index (χ4v) is 1.85. The van der Waals surface area contributed by atoms with Crippen LogP contribution in [0.5, 0.6) is 0 Å². The Morgan fingerprint density at radius 2 is 2.15 bits per heavy atom. The standard InChI is InChI=1S/C10H15N3/c1-8-10(13-7-6-11-8)9-4-2-3-5-12-9/h6-7,9,12H,2-5H2,1H3. The third-order valence-corrected chi connectivity index (χ3v) is 2.56. The molecule has 1 aliphatic heterocycles. The zero-order valence-corrected chi connectivity index (χ0v) is 7.95. The topological polar surface area (TPSA) is 37.8 Å². The van der Waals surface area contributed by atoms with E-state index in [-0.39, 0.29) is 0 Å². The molecule has 1 unspecified atom stereocenters. The number of rotatable bonds is 1. The molecule has 3 heteroatoms. The van der Waals surface area contributed by atoms with Crippen LogP contribution >= 0.6 is 0 Å². The Bertz CT molecular complexity index is 279. The molecule has 1 fully saturated rings. The Morgan fingerprint density at radius 3 is 2.85 bits per heavy atom. The van der Waals surface area contributed by atoms with Crippen molar-refractivity contribution in [2.45, 2.75) is 32.2 Å². The van der Waals surface area contributed by atoms with Gasteiger partial charge in [-0.3, -0.25) is 9.97 Å². The first kappa shape index (κ1) is 8.63. The van der Waals surface area contributed by atoms with Crippen molar-refractivity contribution < 1.29 is 0 Å². The van der Waals surface area contributed by atoms with Gasteiger partial charge in [-0.25, -0.2) is 0 Å². The normalized spacial score (nSPS) is 23.0. The molecule has 1 aromatic rings. The van der Waals surface area contributed by atoms with Crippen molar-refractivity contribution in [1.82, 2.24) is 15.3 Å². The highest BCUT2D eigenvalue weighted by Crippen LogP contribution is 2.22. The lowest BCUT2D eigenvalue weighted by molar-refractivity contribution is 0.402. The monoisotopic (exact) mass is 177 g/mol. The molecule has 0 bridgehead atoms. The molecule has 3 nitrogen and oxygen atoms in total. The third kappa shape index (κ3) is 1.86. The van der Waals surface area contributed by atoms with Gasteiger partial charge in [-0.05, 0) is 26.3 Å². The minimum atomic E-state index is 0.433. The van der Waals surface area contributed by atoms with Crippen LogP contribution in [0.3, 0.4) is 0 Å². The lowest BCUT2D eigenvalue weighted by Crippen LogP contribution is -2.28. The number of nitrogens with one attached hydrogen (secondary N) is 1. The van der Waals surface area contributed by atoms with Gasteiger partial charge in [0.2, 0.25) is 0 Å². The summed E-state index contributed by atoms with van der Waals surface area (Å²) in [6.07, 6.45) is 7.31. The Balaban J connectivity index is 2.18. The van der Waals surface area contributed by atoms with E-state index in [1.807, 2.05) is 6.92 Å². The summed E-state index contributed by atoms with van der Waals surface area (Å²) in [5.74, 6) is 0. The van der Waals surface area contributed by atoms with Crippen LogP contribution in [0.25, 0.3) is 0 Å². The Kier molecular flexibility index (Phi) is 2.54. The van der Waals surface area contributed by atoms with Crippen LogP contribution in [-0.4, -0.2) is 16.5 Å². The minimum Gasteiger partial charge on any atom is -0.309 e. The van der Waals surface area contributed by atoms with E-state index in [0.717, 1.165) is 17.9 Å². The van der Waals surface area contributed by atoms with E-state index >= 15 is 0 Å². The molecule has 0 aromatic carbocycles. The molecule has 1 aromatic heterocycles. The smallest absolute Gasteiger partial charge is 0.0785 e. The molecule has 0 saturated carbocycles. The molecule has 2 heterocycles. The predicted molar refractivity (Wildman–Crippen MR) is 51.4 cm³/mol. The highest BCUT2D eigenvalue weighted by atomic mass is 15.0. The van der Waals surface area contributed by atoms with E-state index in [9.17, 15) is 0 Å². The summed E-state index contributed by atoms with van der Waals surface area (Å²) in [5, 5.41) is 3.47. The second kappa shape index (κ2) is 3.83. The molecule has 0 spiro atoms. The van der Waals surface area contributed by atoms with E-state index in [0.29, 0.717) is 6.04 Å². The maximum atomic E-state index is 4.38. The van der Waals surface area contributed by atoms with Crippen LogP contribution in [0.1, 0.15) is 36.7 Å². The van der Waals surface area contributed by atoms with Crippen molar-refractivity contribution >= 4 is 0 Å². The molecule has 70 valence electrons. The van der Waals surface area contributed by atoms with Gasteiger partial charge in [-0.2, -0.15) is 0 Å². The van der Waals surface area contributed by atoms with Crippen LogP contribution < -0.4 is 5.32 Å². The summed E-state index contributed by atoms with van der Waals surface area (Å²) in [4.78, 5) is 8.63. The van der Waals surface area contributed by atoms with Gasteiger partial charge in [0.05, 0.1) is 17.4 Å². The second-order valence-corrected chi connectivity index (χ2v) is 3.53. The van der Waals surface area contributed by atoms with E-state index in [4.69, 9.17) is 0 Å². The Hall–Kier alpha value is -0.960. The zero-order valence-electron chi connectivity index (χ0n) is 7.95. The number of aromatic nitrogens is 2. The summed E-state index contributed by atoms with van der Waals surface area (Å²) < 4.78 is 0. The number of piperidine rings is 1. The number of hydrogen-bond donors (Lipinski definition) is 1. The molecule has 1 atom stereocenters. The zero-order chi connectivity index (χ0) is 9.10. The Labute approximate surface area is 78.6 Å². The van der Waals surface area contributed by atoms with Gasteiger partial charge in [-0.1, -0.05) is 6.42 Å². The maximum absolute atomic E-state index is 4.38. The molecule has 0 aliphatic carbocycles. The first-order chi connectivity index (χ1) is 6.38. The van der Waals surface area contributed by atoms with Crippen molar-refractivity contribution in [3.05, 3.63) is 23.8 Å². The summed E-state index contributed by atoms with van der Waals surface area (Å²) in [6.45, 7) is 3.14. The van der Waals surface area contributed by atoms with Crippen molar-refractivity contribution in [1.29, 1.82) is 0 Å². The van der Waals surface area contributed by atoms with Crippen molar-refractivity contribution in [2.24, 2.45) is 0 Å². The number of aryl methyl sites for hydroxylation is 1. The van der Waals surface area contributed by atoms with Crippen LogP contribution in [0.2, 0.25) is 0 Å². The molecule has 13 heavy (non-hydrogen) atoms.